The monoisotopic (exact) mass is 192 g/mol. The molecule has 0 aliphatic heterocycles. The molecule has 0 aromatic carbocycles. The summed E-state index contributed by atoms with van der Waals surface area (Å²) >= 11 is 0. The Labute approximate surface area is 83.9 Å². The minimum absolute atomic E-state index is 0.0430. The summed E-state index contributed by atoms with van der Waals surface area (Å²) in [6.07, 6.45) is 8.24. The van der Waals surface area contributed by atoms with Crippen LogP contribution in [0.2, 0.25) is 0 Å². The third-order valence-corrected chi connectivity index (χ3v) is 2.89. The van der Waals surface area contributed by atoms with E-state index in [0.717, 1.165) is 12.8 Å². The minimum atomic E-state index is 0.0430. The van der Waals surface area contributed by atoms with Crippen LogP contribution in [0.15, 0.2) is 18.5 Å². The van der Waals surface area contributed by atoms with Gasteiger partial charge in [0, 0.05) is 18.9 Å². The Balaban J connectivity index is 2.08. The van der Waals surface area contributed by atoms with Gasteiger partial charge < -0.3 is 11.1 Å². The first-order valence-electron chi connectivity index (χ1n) is 5.10. The van der Waals surface area contributed by atoms with Gasteiger partial charge in [-0.3, -0.25) is 0 Å². The molecule has 0 amide bonds. The molecule has 0 saturated heterocycles. The summed E-state index contributed by atoms with van der Waals surface area (Å²) in [7, 11) is 0. The highest BCUT2D eigenvalue weighted by atomic mass is 15.1. The van der Waals surface area contributed by atoms with Crippen molar-refractivity contribution in [2.75, 3.05) is 11.9 Å². The van der Waals surface area contributed by atoms with Gasteiger partial charge in [0.15, 0.2) is 0 Å². The molecular weight excluding hydrogens is 176 g/mol. The summed E-state index contributed by atoms with van der Waals surface area (Å²) in [5, 5.41) is 3.36. The summed E-state index contributed by atoms with van der Waals surface area (Å²) in [6, 6.07) is 1.81. The van der Waals surface area contributed by atoms with Crippen molar-refractivity contribution >= 4 is 5.95 Å². The molecule has 76 valence electrons. The zero-order valence-corrected chi connectivity index (χ0v) is 8.24. The maximum Gasteiger partial charge on any atom is 0.223 e. The van der Waals surface area contributed by atoms with E-state index >= 15 is 0 Å². The first kappa shape index (κ1) is 9.40. The summed E-state index contributed by atoms with van der Waals surface area (Å²) in [5.41, 5.74) is 5.84. The highest BCUT2D eigenvalue weighted by molar-refractivity contribution is 5.29. The topological polar surface area (TPSA) is 63.8 Å². The van der Waals surface area contributed by atoms with Gasteiger partial charge in [0.1, 0.15) is 0 Å². The van der Waals surface area contributed by atoms with Crippen LogP contribution < -0.4 is 11.1 Å². The first-order chi connectivity index (χ1) is 6.85. The minimum Gasteiger partial charge on any atom is -0.348 e. The van der Waals surface area contributed by atoms with E-state index in [9.17, 15) is 0 Å². The average molecular weight is 192 g/mol. The van der Waals surface area contributed by atoms with Gasteiger partial charge in [0.2, 0.25) is 5.95 Å². The molecule has 0 unspecified atom stereocenters. The summed E-state index contributed by atoms with van der Waals surface area (Å²) in [5.74, 6) is 0.694. The number of hydrogen-bond acceptors (Lipinski definition) is 4. The van der Waals surface area contributed by atoms with Gasteiger partial charge in [0.25, 0.3) is 0 Å². The van der Waals surface area contributed by atoms with E-state index in [2.05, 4.69) is 15.3 Å². The van der Waals surface area contributed by atoms with Crippen molar-refractivity contribution in [2.45, 2.75) is 31.2 Å². The number of nitrogens with two attached hydrogens (primary N) is 1. The van der Waals surface area contributed by atoms with Crippen LogP contribution in [0.25, 0.3) is 0 Å². The molecule has 1 aromatic heterocycles. The van der Waals surface area contributed by atoms with Crippen LogP contribution in [0.1, 0.15) is 25.7 Å². The van der Waals surface area contributed by atoms with Crippen LogP contribution in [-0.2, 0) is 0 Å². The van der Waals surface area contributed by atoms with Crippen LogP contribution in [0.3, 0.4) is 0 Å². The molecule has 0 bridgehead atoms. The molecule has 1 heterocycles. The second-order valence-corrected chi connectivity index (χ2v) is 3.89. The smallest absolute Gasteiger partial charge is 0.223 e. The highest BCUT2D eigenvalue weighted by Crippen LogP contribution is 2.31. The van der Waals surface area contributed by atoms with Gasteiger partial charge in [-0.05, 0) is 18.9 Å². The fraction of sp³-hybridized carbons (Fsp3) is 0.600. The van der Waals surface area contributed by atoms with Crippen molar-refractivity contribution in [1.29, 1.82) is 0 Å². The lowest BCUT2D eigenvalue weighted by Crippen LogP contribution is -2.43. The second-order valence-electron chi connectivity index (χ2n) is 3.89. The van der Waals surface area contributed by atoms with Crippen molar-refractivity contribution in [3.8, 4) is 0 Å². The largest absolute Gasteiger partial charge is 0.348 e. The first-order valence-corrected chi connectivity index (χ1v) is 5.10. The Morgan fingerprint density at radius 2 is 1.93 bits per heavy atom. The predicted molar refractivity (Wildman–Crippen MR) is 55.9 cm³/mol. The van der Waals surface area contributed by atoms with Crippen LogP contribution in [0, 0.1) is 0 Å². The van der Waals surface area contributed by atoms with Gasteiger partial charge in [-0.15, -0.1) is 0 Å². The van der Waals surface area contributed by atoms with E-state index in [-0.39, 0.29) is 5.54 Å². The molecule has 4 heteroatoms. The normalized spacial score (nSPS) is 19.5. The standard InChI is InChI=1S/C10H16N4/c11-8-10(4-1-2-5-10)14-9-12-6-3-7-13-9/h3,6-7H,1-2,4-5,8,11H2,(H,12,13,14). The van der Waals surface area contributed by atoms with Crippen LogP contribution in [0.5, 0.6) is 0 Å². The van der Waals surface area contributed by atoms with E-state index in [0.29, 0.717) is 12.5 Å². The van der Waals surface area contributed by atoms with Gasteiger partial charge in [0.05, 0.1) is 5.54 Å². The quantitative estimate of drug-likeness (QED) is 0.754. The molecule has 2 rings (SSSR count). The molecule has 1 saturated carbocycles. The summed E-state index contributed by atoms with van der Waals surface area (Å²) in [4.78, 5) is 8.31. The number of anilines is 1. The SMILES string of the molecule is NCC1(Nc2ncccn2)CCCC1. The van der Waals surface area contributed by atoms with Crippen LogP contribution in [-0.4, -0.2) is 22.1 Å². The van der Waals surface area contributed by atoms with Crippen LogP contribution >= 0.6 is 0 Å². The van der Waals surface area contributed by atoms with Crippen molar-refractivity contribution in [3.63, 3.8) is 0 Å². The predicted octanol–water partition coefficient (Wildman–Crippen LogP) is 1.16. The number of hydrogen-bond donors (Lipinski definition) is 2. The van der Waals surface area contributed by atoms with Gasteiger partial charge in [-0.1, -0.05) is 12.8 Å². The lowest BCUT2D eigenvalue weighted by Gasteiger charge is -2.28. The molecule has 0 atom stereocenters. The Bertz CT molecular complexity index is 279. The molecule has 14 heavy (non-hydrogen) atoms. The molecule has 1 aliphatic rings. The maximum absolute atomic E-state index is 5.80. The summed E-state index contributed by atoms with van der Waals surface area (Å²) < 4.78 is 0. The molecule has 0 radical (unpaired) electrons. The second kappa shape index (κ2) is 3.92. The number of nitrogens with one attached hydrogen (secondary N) is 1. The Morgan fingerprint density at radius 3 is 2.50 bits per heavy atom. The molecule has 3 N–H and O–H groups in total. The van der Waals surface area contributed by atoms with Crippen molar-refractivity contribution in [3.05, 3.63) is 18.5 Å². The van der Waals surface area contributed by atoms with E-state index in [1.54, 1.807) is 12.4 Å². The Hall–Kier alpha value is -1.16. The highest BCUT2D eigenvalue weighted by Gasteiger charge is 2.32. The lowest BCUT2D eigenvalue weighted by molar-refractivity contribution is 0.489. The molecule has 4 nitrogen and oxygen atoms in total. The average Bonchev–Trinajstić information content (AvgIpc) is 2.69. The van der Waals surface area contributed by atoms with Gasteiger partial charge >= 0.3 is 0 Å². The molecule has 1 aromatic rings. The van der Waals surface area contributed by atoms with Crippen molar-refractivity contribution in [1.82, 2.24) is 9.97 Å². The maximum atomic E-state index is 5.80. The summed E-state index contributed by atoms with van der Waals surface area (Å²) in [6.45, 7) is 0.658. The van der Waals surface area contributed by atoms with Crippen LogP contribution in [0.4, 0.5) is 5.95 Å². The van der Waals surface area contributed by atoms with E-state index < -0.39 is 0 Å². The van der Waals surface area contributed by atoms with E-state index in [1.807, 2.05) is 6.07 Å². The number of aromatic nitrogens is 2. The Kier molecular flexibility index (Phi) is 2.63. The number of nitrogens with zero attached hydrogens (tertiary/aromatic N) is 2. The van der Waals surface area contributed by atoms with E-state index in [4.69, 9.17) is 5.73 Å². The van der Waals surface area contributed by atoms with E-state index in [1.165, 1.54) is 12.8 Å². The molecule has 1 fully saturated rings. The zero-order chi connectivity index (χ0) is 9.86. The zero-order valence-electron chi connectivity index (χ0n) is 8.24. The third-order valence-electron chi connectivity index (χ3n) is 2.89. The van der Waals surface area contributed by atoms with Gasteiger partial charge in [-0.25, -0.2) is 9.97 Å². The van der Waals surface area contributed by atoms with Gasteiger partial charge in [-0.2, -0.15) is 0 Å². The fourth-order valence-corrected chi connectivity index (χ4v) is 2.03. The van der Waals surface area contributed by atoms with Crippen molar-refractivity contribution in [2.24, 2.45) is 5.73 Å². The Morgan fingerprint density at radius 1 is 1.29 bits per heavy atom. The molecular formula is C10H16N4. The molecule has 0 spiro atoms. The third kappa shape index (κ3) is 1.85. The molecule has 1 aliphatic carbocycles. The van der Waals surface area contributed by atoms with Crippen molar-refractivity contribution < 1.29 is 0 Å². The number of rotatable bonds is 3. The fourth-order valence-electron chi connectivity index (χ4n) is 2.03. The lowest BCUT2D eigenvalue weighted by atomic mass is 9.98.